The fourth-order valence-electron chi connectivity index (χ4n) is 11.1. The number of nitrogens with two attached hydrogens (primary N) is 1. The van der Waals surface area contributed by atoms with Crippen LogP contribution >= 0.6 is 11.6 Å². The summed E-state index contributed by atoms with van der Waals surface area (Å²) in [4.78, 5) is 44.5. The van der Waals surface area contributed by atoms with Crippen molar-refractivity contribution in [2.24, 2.45) is 25.9 Å². The van der Waals surface area contributed by atoms with E-state index in [0.717, 1.165) is 90.6 Å². The maximum atomic E-state index is 12.7. The van der Waals surface area contributed by atoms with Gasteiger partial charge in [0.15, 0.2) is 22.9 Å². The van der Waals surface area contributed by atoms with Crippen LogP contribution in [0.4, 0.5) is 53.5 Å². The third-order valence-corrected chi connectivity index (χ3v) is 15.2. The number of carbonyl (C=O) groups excluding carboxylic acids is 2. The minimum atomic E-state index is -4.84. The van der Waals surface area contributed by atoms with E-state index in [4.69, 9.17) is 46.4 Å². The monoisotopic (exact) mass is 1200 g/mol. The molecular formula is C62H76ClF3N14O6. The fraction of sp³-hybridized carbons (Fsp3) is 0.419. The van der Waals surface area contributed by atoms with Crippen LogP contribution in [0.1, 0.15) is 91.2 Å². The molecule has 6 heterocycles. The second-order valence-electron chi connectivity index (χ2n) is 22.1. The zero-order valence-corrected chi connectivity index (χ0v) is 51.7. The first-order valence-corrected chi connectivity index (χ1v) is 28.7. The summed E-state index contributed by atoms with van der Waals surface area (Å²) in [6, 6.07) is 19.0. The van der Waals surface area contributed by atoms with Gasteiger partial charge in [-0.05, 0) is 157 Å². The van der Waals surface area contributed by atoms with Crippen LogP contribution in [0.3, 0.4) is 0 Å². The van der Waals surface area contributed by atoms with Crippen LogP contribution in [0.5, 0.6) is 11.5 Å². The van der Waals surface area contributed by atoms with E-state index >= 15 is 0 Å². The molecule has 86 heavy (non-hydrogen) atoms. The highest BCUT2D eigenvalue weighted by atomic mass is 35.5. The molecule has 24 heteroatoms. The van der Waals surface area contributed by atoms with Crippen molar-refractivity contribution >= 4 is 85.8 Å². The molecule has 2 atom stereocenters. The van der Waals surface area contributed by atoms with Gasteiger partial charge >= 0.3 is 12.1 Å². The first-order chi connectivity index (χ1) is 40.9. The molecule has 0 saturated carbocycles. The number of rotatable bonds is 16. The highest BCUT2D eigenvalue weighted by Gasteiger charge is 2.47. The Morgan fingerprint density at radius 1 is 0.663 bits per heavy atom. The average Bonchev–Trinajstić information content (AvgIpc) is 1.44. The molecule has 8 aromatic rings. The van der Waals surface area contributed by atoms with Crippen LogP contribution in [0.25, 0.3) is 22.1 Å². The SMILES string of the molecule is CC(C)C1c2cc(N)ccc2CCN1C(=O)C(F)(F)F.COCCOc1cc(C)c(Nc2nn(C)c3nc(Cl)ncc23)c(C)c1.COCCOc1cc(C)c(Nc2nn(C)c3nc(Nc4ccc5c(c4)C(C(C)C)N(C(C)=O)CC5)ncc23)c(C)c1. The van der Waals surface area contributed by atoms with Gasteiger partial charge in [0.25, 0.3) is 0 Å². The van der Waals surface area contributed by atoms with Crippen molar-refractivity contribution in [2.45, 2.75) is 93.4 Å². The van der Waals surface area contributed by atoms with Crippen molar-refractivity contribution in [2.75, 3.05) is 75.4 Å². The molecule has 0 aliphatic carbocycles. The van der Waals surface area contributed by atoms with Crippen LogP contribution in [0.15, 0.2) is 73.1 Å². The minimum absolute atomic E-state index is 0.0463. The molecule has 4 aromatic heterocycles. The molecule has 5 N–H and O–H groups in total. The molecule has 0 saturated heterocycles. The summed E-state index contributed by atoms with van der Waals surface area (Å²) >= 11 is 5.87. The summed E-state index contributed by atoms with van der Waals surface area (Å²) in [5, 5.41) is 21.3. The number of nitrogens with zero attached hydrogens (tertiary/aromatic N) is 10. The van der Waals surface area contributed by atoms with Gasteiger partial charge in [-0.3, -0.25) is 9.59 Å². The second-order valence-corrected chi connectivity index (χ2v) is 22.5. The lowest BCUT2D eigenvalue weighted by Gasteiger charge is -2.40. The number of carbonyl (C=O) groups is 2. The number of aryl methyl sites for hydroxylation is 6. The summed E-state index contributed by atoms with van der Waals surface area (Å²) < 4.78 is 63.1. The standard InChI is InChI=1S/C31H39N7O3.C17H20ClN5O2.C14H17F3N2O/c1-18(2)28-25-16-23(9-8-22(25)10-11-38(28)21(5)39)33-31-32-17-26-29(36-37(6)30(26)35-31)34-27-19(3)14-24(15-20(27)4)41-13-12-40-7;1-10-7-12(25-6-5-24-4)8-11(2)14(10)20-15-13-9-19-17(18)21-16(13)23(3)22-15;1-8(2)12-11-7-10(18)4-3-9(11)5-6-19(12)13(20)14(15,16)17/h8-9,14-18,28H,10-13H2,1-7H3,(H,34,36)(H,32,33,35);7-9H,5-6H2,1-4H3,(H,20,22);3-4,7-8,12H,5-6,18H2,1-2H3. The van der Waals surface area contributed by atoms with Crippen molar-refractivity contribution in [3.05, 3.63) is 123 Å². The fourth-order valence-corrected chi connectivity index (χ4v) is 11.3. The van der Waals surface area contributed by atoms with Crippen LogP contribution in [0.2, 0.25) is 5.28 Å². The van der Waals surface area contributed by atoms with Gasteiger partial charge in [-0.15, -0.1) is 0 Å². The Kier molecular flexibility index (Phi) is 20.3. The molecule has 458 valence electrons. The zero-order valence-electron chi connectivity index (χ0n) is 50.9. The predicted octanol–water partition coefficient (Wildman–Crippen LogP) is 11.9. The summed E-state index contributed by atoms with van der Waals surface area (Å²) in [5.74, 6) is 2.00. The van der Waals surface area contributed by atoms with E-state index < -0.39 is 18.1 Å². The predicted molar refractivity (Wildman–Crippen MR) is 329 cm³/mol. The molecule has 2 aliphatic heterocycles. The van der Waals surface area contributed by atoms with Crippen molar-refractivity contribution in [3.63, 3.8) is 0 Å². The number of amides is 2. The van der Waals surface area contributed by atoms with Gasteiger partial charge in [-0.25, -0.2) is 19.3 Å². The number of alkyl halides is 3. The maximum absolute atomic E-state index is 12.7. The Balaban J connectivity index is 0.000000182. The number of halogens is 4. The third kappa shape index (κ3) is 14.7. The molecule has 0 radical (unpaired) electrons. The van der Waals surface area contributed by atoms with Gasteiger partial charge in [0.1, 0.15) is 24.7 Å². The Morgan fingerprint density at radius 3 is 1.62 bits per heavy atom. The van der Waals surface area contributed by atoms with E-state index in [1.807, 2.05) is 77.0 Å². The van der Waals surface area contributed by atoms with Gasteiger partial charge in [-0.1, -0.05) is 39.8 Å². The van der Waals surface area contributed by atoms with Crippen LogP contribution in [0, 0.1) is 39.5 Å². The highest BCUT2D eigenvalue weighted by Crippen LogP contribution is 2.40. The number of benzene rings is 4. The quantitative estimate of drug-likeness (QED) is 0.0401. The molecule has 2 aliphatic rings. The van der Waals surface area contributed by atoms with E-state index in [0.29, 0.717) is 73.3 Å². The molecular weight excluding hydrogens is 1130 g/mol. The normalized spacial score (nSPS) is 14.7. The molecule has 2 unspecified atom stereocenters. The lowest BCUT2D eigenvalue weighted by Crippen LogP contribution is -2.48. The zero-order chi connectivity index (χ0) is 62.3. The van der Waals surface area contributed by atoms with Crippen molar-refractivity contribution < 1.29 is 41.7 Å². The van der Waals surface area contributed by atoms with Gasteiger partial charge < -0.3 is 50.4 Å². The van der Waals surface area contributed by atoms with Gasteiger partial charge in [0.2, 0.25) is 17.1 Å². The van der Waals surface area contributed by atoms with Gasteiger partial charge in [0.05, 0.1) is 36.1 Å². The maximum Gasteiger partial charge on any atom is 0.471 e. The number of hydrogen-bond acceptors (Lipinski definition) is 16. The Bertz CT molecular complexity index is 3690. The number of aromatic nitrogens is 8. The van der Waals surface area contributed by atoms with E-state index in [1.165, 1.54) is 11.1 Å². The Labute approximate surface area is 503 Å². The van der Waals surface area contributed by atoms with Crippen LogP contribution in [-0.4, -0.2) is 121 Å². The first kappa shape index (κ1) is 63.7. The summed E-state index contributed by atoms with van der Waals surface area (Å²) in [5.41, 5.74) is 18.8. The van der Waals surface area contributed by atoms with Crippen LogP contribution < -0.4 is 31.2 Å². The van der Waals surface area contributed by atoms with Crippen molar-refractivity contribution in [1.82, 2.24) is 49.3 Å². The van der Waals surface area contributed by atoms with Gasteiger partial charge in [0, 0.05) is 83.5 Å². The molecule has 0 fully saturated rings. The van der Waals surface area contributed by atoms with Crippen LogP contribution in [-0.2, 0) is 46.0 Å². The number of fused-ring (bicyclic) bond motifs is 4. The summed E-state index contributed by atoms with van der Waals surface area (Å²) in [6.07, 6.45) is -0.105. The molecule has 10 rings (SSSR count). The number of anilines is 7. The second kappa shape index (κ2) is 27.4. The molecule has 4 aromatic carbocycles. The number of nitrogen functional groups attached to an aromatic ring is 1. The van der Waals surface area contributed by atoms with Crippen molar-refractivity contribution in [1.29, 1.82) is 0 Å². The number of nitrogens with one attached hydrogen (secondary N) is 3. The topological polar surface area (TPSA) is 227 Å². The number of hydrogen-bond donors (Lipinski definition) is 4. The molecule has 0 bridgehead atoms. The molecule has 2 amide bonds. The van der Waals surface area contributed by atoms with E-state index in [2.05, 4.69) is 68.0 Å². The Hall–Kier alpha value is -8.28. The number of methoxy groups -OCH3 is 2. The number of ether oxygens (including phenoxy) is 4. The Morgan fingerprint density at radius 2 is 1.13 bits per heavy atom. The summed E-state index contributed by atoms with van der Waals surface area (Å²) in [7, 11) is 7.01. The third-order valence-electron chi connectivity index (χ3n) is 15.0. The molecule has 0 spiro atoms. The highest BCUT2D eigenvalue weighted by molar-refractivity contribution is 6.28. The summed E-state index contributed by atoms with van der Waals surface area (Å²) in [6.45, 7) is 20.7. The first-order valence-electron chi connectivity index (χ1n) is 28.3. The smallest absolute Gasteiger partial charge is 0.471 e. The lowest BCUT2D eigenvalue weighted by atomic mass is 9.86. The molecule has 20 nitrogen and oxygen atoms in total. The lowest BCUT2D eigenvalue weighted by molar-refractivity contribution is -0.189. The van der Waals surface area contributed by atoms with E-state index in [1.54, 1.807) is 68.9 Å². The van der Waals surface area contributed by atoms with E-state index in [-0.39, 0.29) is 29.7 Å². The largest absolute Gasteiger partial charge is 0.491 e. The van der Waals surface area contributed by atoms with E-state index in [9.17, 15) is 22.8 Å². The minimum Gasteiger partial charge on any atom is -0.491 e. The van der Waals surface area contributed by atoms with Crippen molar-refractivity contribution in [3.8, 4) is 11.5 Å². The van der Waals surface area contributed by atoms with Gasteiger partial charge in [-0.2, -0.15) is 33.3 Å². The average molecular weight is 1210 g/mol.